The first-order valence-electron chi connectivity index (χ1n) is 18.4. The number of aliphatic hydroxyl groups is 2. The lowest BCUT2D eigenvalue weighted by atomic mass is 9.87. The van der Waals surface area contributed by atoms with E-state index >= 15 is 0 Å². The molecule has 0 aliphatic rings. The normalized spacial score (nSPS) is 13.1. The van der Waals surface area contributed by atoms with Gasteiger partial charge in [0.1, 0.15) is 5.78 Å². The van der Waals surface area contributed by atoms with Crippen molar-refractivity contribution in [1.29, 1.82) is 0 Å². The third-order valence-electron chi connectivity index (χ3n) is 8.48. The molecule has 0 saturated heterocycles. The van der Waals surface area contributed by atoms with Crippen LogP contribution in [0.25, 0.3) is 0 Å². The fraction of sp³-hybridized carbons (Fsp3) is 0.795. The molecule has 4 nitrogen and oxygen atoms in total. The molecule has 1 atom stereocenters. The highest BCUT2D eigenvalue weighted by atomic mass is 35.5. The molecule has 0 aliphatic heterocycles. The van der Waals surface area contributed by atoms with Crippen molar-refractivity contribution in [3.05, 3.63) is 36.5 Å². The zero-order valence-corrected chi connectivity index (χ0v) is 29.5. The van der Waals surface area contributed by atoms with Crippen molar-refractivity contribution in [3.63, 3.8) is 0 Å². The monoisotopic (exact) mass is 636 g/mol. The Bertz CT molecular complexity index is 755. The van der Waals surface area contributed by atoms with Gasteiger partial charge in [-0.1, -0.05) is 134 Å². The van der Waals surface area contributed by atoms with Crippen LogP contribution in [0.3, 0.4) is 0 Å². The maximum atomic E-state index is 12.7. The largest absolute Gasteiger partial charge is 0.359 e. The van der Waals surface area contributed by atoms with E-state index in [0.29, 0.717) is 12.8 Å². The lowest BCUT2D eigenvalue weighted by Crippen LogP contribution is -2.50. The van der Waals surface area contributed by atoms with Crippen LogP contribution in [0.5, 0.6) is 0 Å². The van der Waals surface area contributed by atoms with E-state index in [4.69, 9.17) is 11.6 Å². The maximum absolute atomic E-state index is 12.7. The quantitative estimate of drug-likeness (QED) is 0.0325. The maximum Gasteiger partial charge on any atom is 0.235 e. The number of carbonyl (C=O) groups is 2. The molecule has 0 aliphatic carbocycles. The van der Waals surface area contributed by atoms with Gasteiger partial charge in [-0.25, -0.2) is 0 Å². The van der Waals surface area contributed by atoms with Gasteiger partial charge in [-0.3, -0.25) is 9.59 Å². The third-order valence-corrected chi connectivity index (χ3v) is 8.79. The first-order valence-corrected chi connectivity index (χ1v) is 19.0. The second-order valence-corrected chi connectivity index (χ2v) is 12.9. The molecule has 0 amide bonds. The molecule has 256 valence electrons. The third kappa shape index (κ3) is 25.0. The molecular weight excluding hydrogens is 568 g/mol. The van der Waals surface area contributed by atoms with Gasteiger partial charge in [0.2, 0.25) is 5.79 Å². The van der Waals surface area contributed by atoms with Crippen molar-refractivity contribution in [2.45, 2.75) is 187 Å². The summed E-state index contributed by atoms with van der Waals surface area (Å²) >= 11 is 5.95. The SMILES string of the molecule is CCCCC/C=C\C/C=C\CCCCCCCC(=O)C(CCl)C(O)(O)C(=O)CCCCCCC/C=C\CCCCCCCC. The molecule has 0 aromatic rings. The summed E-state index contributed by atoms with van der Waals surface area (Å²) in [6.07, 6.45) is 40.9. The topological polar surface area (TPSA) is 74.6 Å². The van der Waals surface area contributed by atoms with E-state index in [9.17, 15) is 19.8 Å². The summed E-state index contributed by atoms with van der Waals surface area (Å²) in [5.41, 5.74) is 0. The summed E-state index contributed by atoms with van der Waals surface area (Å²) < 4.78 is 0. The van der Waals surface area contributed by atoms with Gasteiger partial charge in [0.15, 0.2) is 5.78 Å². The van der Waals surface area contributed by atoms with E-state index < -0.39 is 17.5 Å². The van der Waals surface area contributed by atoms with E-state index in [0.717, 1.165) is 70.6 Å². The first-order chi connectivity index (χ1) is 21.4. The van der Waals surface area contributed by atoms with Crippen LogP contribution in [0.4, 0.5) is 0 Å². The molecule has 2 N–H and O–H groups in total. The molecule has 44 heavy (non-hydrogen) atoms. The van der Waals surface area contributed by atoms with Crippen LogP contribution in [-0.4, -0.2) is 33.4 Å². The second-order valence-electron chi connectivity index (χ2n) is 12.6. The van der Waals surface area contributed by atoms with Crippen LogP contribution in [0.15, 0.2) is 36.5 Å². The van der Waals surface area contributed by atoms with Crippen molar-refractivity contribution >= 4 is 23.2 Å². The number of carbonyl (C=O) groups excluding carboxylic acids is 2. The van der Waals surface area contributed by atoms with Crippen molar-refractivity contribution in [1.82, 2.24) is 0 Å². The van der Waals surface area contributed by atoms with Crippen LogP contribution in [0, 0.1) is 5.92 Å². The van der Waals surface area contributed by atoms with E-state index in [1.165, 1.54) is 70.6 Å². The van der Waals surface area contributed by atoms with Crippen LogP contribution in [-0.2, 0) is 9.59 Å². The summed E-state index contributed by atoms with van der Waals surface area (Å²) in [6, 6.07) is 0. The van der Waals surface area contributed by atoms with Crippen molar-refractivity contribution in [3.8, 4) is 0 Å². The molecule has 0 rings (SSSR count). The number of hydrogen-bond acceptors (Lipinski definition) is 4. The Morgan fingerprint density at radius 1 is 0.545 bits per heavy atom. The van der Waals surface area contributed by atoms with Gasteiger partial charge in [-0.05, 0) is 70.6 Å². The predicted molar refractivity (Wildman–Crippen MR) is 190 cm³/mol. The number of hydrogen-bond donors (Lipinski definition) is 2. The fourth-order valence-corrected chi connectivity index (χ4v) is 5.82. The van der Waals surface area contributed by atoms with Gasteiger partial charge in [0.05, 0.1) is 5.92 Å². The van der Waals surface area contributed by atoms with Gasteiger partial charge in [0.25, 0.3) is 0 Å². The molecule has 0 spiro atoms. The minimum Gasteiger partial charge on any atom is -0.359 e. The van der Waals surface area contributed by atoms with Crippen LogP contribution in [0.2, 0.25) is 0 Å². The lowest BCUT2D eigenvalue weighted by Gasteiger charge is -2.27. The number of Topliss-reactive ketones (excluding diaryl/α,β-unsaturated/α-hetero) is 2. The zero-order chi connectivity index (χ0) is 32.6. The smallest absolute Gasteiger partial charge is 0.235 e. The number of allylic oxidation sites excluding steroid dienone is 6. The summed E-state index contributed by atoms with van der Waals surface area (Å²) in [4.78, 5) is 25.3. The van der Waals surface area contributed by atoms with Crippen molar-refractivity contribution in [2.75, 3.05) is 5.88 Å². The highest BCUT2D eigenvalue weighted by molar-refractivity contribution is 6.20. The average Bonchev–Trinajstić information content (AvgIpc) is 3.01. The molecule has 0 heterocycles. The average molecular weight is 637 g/mol. The number of unbranched alkanes of at least 4 members (excludes halogenated alkanes) is 19. The lowest BCUT2D eigenvalue weighted by molar-refractivity contribution is -0.201. The Kier molecular flexibility index (Phi) is 30.9. The number of alkyl halides is 1. The molecule has 0 saturated carbocycles. The van der Waals surface area contributed by atoms with Gasteiger partial charge in [-0.15, -0.1) is 11.6 Å². The van der Waals surface area contributed by atoms with Crippen LogP contribution >= 0.6 is 11.6 Å². The predicted octanol–water partition coefficient (Wildman–Crippen LogP) is 11.5. The van der Waals surface area contributed by atoms with Gasteiger partial charge in [-0.2, -0.15) is 0 Å². The van der Waals surface area contributed by atoms with Crippen molar-refractivity contribution < 1.29 is 19.8 Å². The molecule has 0 aromatic carbocycles. The molecule has 0 aromatic heterocycles. The molecule has 1 unspecified atom stereocenters. The Morgan fingerprint density at radius 3 is 1.39 bits per heavy atom. The van der Waals surface area contributed by atoms with E-state index in [2.05, 4.69) is 50.3 Å². The second kappa shape index (κ2) is 31.7. The van der Waals surface area contributed by atoms with E-state index in [-0.39, 0.29) is 24.5 Å². The minimum atomic E-state index is -2.67. The van der Waals surface area contributed by atoms with Crippen LogP contribution in [0.1, 0.15) is 181 Å². The van der Waals surface area contributed by atoms with E-state index in [1.54, 1.807) is 0 Å². The van der Waals surface area contributed by atoms with Crippen molar-refractivity contribution in [2.24, 2.45) is 5.92 Å². The first kappa shape index (κ1) is 42.8. The Labute approximate surface area is 277 Å². The summed E-state index contributed by atoms with van der Waals surface area (Å²) in [7, 11) is 0. The van der Waals surface area contributed by atoms with Gasteiger partial charge in [0, 0.05) is 18.7 Å². The highest BCUT2D eigenvalue weighted by Gasteiger charge is 2.44. The summed E-state index contributed by atoms with van der Waals surface area (Å²) in [5.74, 6) is -5.20. The Morgan fingerprint density at radius 2 is 0.909 bits per heavy atom. The molecule has 0 radical (unpaired) electrons. The molecule has 0 fully saturated rings. The number of rotatable bonds is 33. The summed E-state index contributed by atoms with van der Waals surface area (Å²) in [5, 5.41) is 21.1. The summed E-state index contributed by atoms with van der Waals surface area (Å²) in [6.45, 7) is 4.48. The molecule has 0 bridgehead atoms. The minimum absolute atomic E-state index is 0.0650. The standard InChI is InChI=1S/C39H69ClO4/c1-3-5-7-9-11-13-15-17-19-21-23-25-27-29-31-33-37(41)36(35-40)39(43,44)38(42)34-32-30-28-26-24-22-20-18-16-14-12-10-8-6-4-2/h11,13,17-20,36,43-44H,3-10,12,14-16,21-35H2,1-2H3/b13-11-,19-17-,20-18-. The number of halogens is 1. The van der Waals surface area contributed by atoms with E-state index in [1.807, 2.05) is 0 Å². The molecule has 5 heteroatoms. The fourth-order valence-electron chi connectivity index (χ4n) is 5.44. The Hall–Kier alpha value is -1.23. The van der Waals surface area contributed by atoms with Gasteiger partial charge < -0.3 is 10.2 Å². The Balaban J connectivity index is 3.93. The number of ketones is 2. The molecular formula is C39H69ClO4. The van der Waals surface area contributed by atoms with Gasteiger partial charge >= 0.3 is 0 Å². The zero-order valence-electron chi connectivity index (χ0n) is 28.7. The highest BCUT2D eigenvalue weighted by Crippen LogP contribution is 2.24. The van der Waals surface area contributed by atoms with Crippen LogP contribution < -0.4 is 0 Å².